The molecule has 0 radical (unpaired) electrons. The average molecular weight is 292 g/mol. The highest BCUT2D eigenvalue weighted by atomic mass is 16.6. The summed E-state index contributed by atoms with van der Waals surface area (Å²) in [6.45, 7) is 1.74. The largest absolute Gasteiger partial charge is 0.479 e. The highest BCUT2D eigenvalue weighted by molar-refractivity contribution is 5.97. The summed E-state index contributed by atoms with van der Waals surface area (Å²) in [6, 6.07) is 8.35. The van der Waals surface area contributed by atoms with E-state index in [1.165, 1.54) is 6.92 Å². The van der Waals surface area contributed by atoms with Gasteiger partial charge in [0.2, 0.25) is 0 Å². The quantitative estimate of drug-likeness (QED) is 0.801. The molecule has 1 atom stereocenters. The van der Waals surface area contributed by atoms with Gasteiger partial charge in [-0.05, 0) is 19.1 Å². The van der Waals surface area contributed by atoms with Crippen LogP contribution in [0.3, 0.4) is 0 Å². The topological polar surface area (TPSA) is 84.9 Å². The number of hydrogen-bond donors (Lipinski definition) is 1. The molecule has 0 bridgehead atoms. The van der Waals surface area contributed by atoms with Gasteiger partial charge in [-0.1, -0.05) is 18.2 Å². The number of esters is 1. The van der Waals surface area contributed by atoms with Gasteiger partial charge in [0.15, 0.2) is 12.7 Å². The molecule has 1 aliphatic rings. The smallest absolute Gasteiger partial charge is 0.347 e. The summed E-state index contributed by atoms with van der Waals surface area (Å²) >= 11 is 0. The summed E-state index contributed by atoms with van der Waals surface area (Å²) in [5, 5.41) is 2.49. The number of carbonyl (C=O) groups is 3. The molecular weight excluding hydrogens is 276 g/mol. The molecule has 112 valence electrons. The molecule has 2 rings (SSSR count). The van der Waals surface area contributed by atoms with Crippen LogP contribution in [0.4, 0.5) is 4.79 Å². The summed E-state index contributed by atoms with van der Waals surface area (Å²) < 4.78 is 10.2. The minimum Gasteiger partial charge on any atom is -0.479 e. The minimum absolute atomic E-state index is 0.283. The van der Waals surface area contributed by atoms with E-state index in [9.17, 15) is 14.4 Å². The number of para-hydroxylation sites is 1. The maximum atomic E-state index is 11.7. The summed E-state index contributed by atoms with van der Waals surface area (Å²) in [5.74, 6) is -0.677. The number of rotatable bonds is 5. The van der Waals surface area contributed by atoms with E-state index in [2.05, 4.69) is 5.32 Å². The summed E-state index contributed by atoms with van der Waals surface area (Å²) in [5.41, 5.74) is 0. The molecule has 7 heteroatoms. The Morgan fingerprint density at radius 3 is 2.67 bits per heavy atom. The van der Waals surface area contributed by atoms with Gasteiger partial charge in [-0.25, -0.2) is 9.59 Å². The van der Waals surface area contributed by atoms with Crippen molar-refractivity contribution in [2.24, 2.45) is 0 Å². The molecule has 7 nitrogen and oxygen atoms in total. The Balaban J connectivity index is 1.78. The number of carbonyl (C=O) groups excluding carboxylic acids is 3. The van der Waals surface area contributed by atoms with Gasteiger partial charge >= 0.3 is 12.0 Å². The van der Waals surface area contributed by atoms with Crippen molar-refractivity contribution >= 4 is 17.9 Å². The van der Waals surface area contributed by atoms with Crippen LogP contribution in [0.1, 0.15) is 6.92 Å². The van der Waals surface area contributed by atoms with Crippen LogP contribution in [0.25, 0.3) is 0 Å². The molecule has 0 aliphatic carbocycles. The van der Waals surface area contributed by atoms with E-state index < -0.39 is 30.6 Å². The second-order valence-corrected chi connectivity index (χ2v) is 4.46. The maximum Gasteiger partial charge on any atom is 0.347 e. The maximum absolute atomic E-state index is 11.7. The second-order valence-electron chi connectivity index (χ2n) is 4.46. The molecule has 3 amide bonds. The third kappa shape index (κ3) is 3.95. The van der Waals surface area contributed by atoms with Gasteiger partial charge < -0.3 is 14.8 Å². The molecule has 0 spiro atoms. The Morgan fingerprint density at radius 1 is 1.33 bits per heavy atom. The Morgan fingerprint density at radius 2 is 2.05 bits per heavy atom. The molecule has 1 aromatic carbocycles. The monoisotopic (exact) mass is 292 g/mol. The van der Waals surface area contributed by atoms with Crippen LogP contribution in [0.2, 0.25) is 0 Å². The van der Waals surface area contributed by atoms with Crippen molar-refractivity contribution in [3.8, 4) is 5.75 Å². The lowest BCUT2D eigenvalue weighted by Crippen LogP contribution is -2.38. The van der Waals surface area contributed by atoms with Gasteiger partial charge in [0, 0.05) is 13.1 Å². The van der Waals surface area contributed by atoms with Crippen LogP contribution in [0.15, 0.2) is 30.3 Å². The first kappa shape index (κ1) is 14.8. The number of nitrogens with zero attached hydrogens (tertiary/aromatic N) is 1. The van der Waals surface area contributed by atoms with Crippen molar-refractivity contribution in [3.63, 3.8) is 0 Å². The summed E-state index contributed by atoms with van der Waals surface area (Å²) in [6.07, 6.45) is -0.840. The molecule has 1 aliphatic heterocycles. The molecular formula is C14H16N2O5. The number of benzene rings is 1. The van der Waals surface area contributed by atoms with Gasteiger partial charge in [0.1, 0.15) is 5.75 Å². The molecule has 0 aromatic heterocycles. The van der Waals surface area contributed by atoms with Crippen LogP contribution in [-0.2, 0) is 14.3 Å². The number of urea groups is 1. The van der Waals surface area contributed by atoms with E-state index in [-0.39, 0.29) is 6.54 Å². The van der Waals surface area contributed by atoms with Crippen molar-refractivity contribution in [3.05, 3.63) is 30.3 Å². The zero-order valence-electron chi connectivity index (χ0n) is 11.6. The minimum atomic E-state index is -0.840. The van der Waals surface area contributed by atoms with Gasteiger partial charge in [0.25, 0.3) is 5.91 Å². The van der Waals surface area contributed by atoms with Crippen LogP contribution in [-0.4, -0.2) is 48.6 Å². The first-order chi connectivity index (χ1) is 10.1. The van der Waals surface area contributed by atoms with Crippen LogP contribution in [0.5, 0.6) is 5.75 Å². The lowest BCUT2D eigenvalue weighted by molar-refractivity contribution is -0.156. The van der Waals surface area contributed by atoms with Crippen molar-refractivity contribution < 1.29 is 23.9 Å². The van der Waals surface area contributed by atoms with Crippen LogP contribution >= 0.6 is 0 Å². The Bertz CT molecular complexity index is 531. The highest BCUT2D eigenvalue weighted by Crippen LogP contribution is 2.11. The van der Waals surface area contributed by atoms with Gasteiger partial charge in [-0.2, -0.15) is 0 Å². The number of amides is 3. The van der Waals surface area contributed by atoms with Crippen molar-refractivity contribution in [1.29, 1.82) is 0 Å². The zero-order valence-corrected chi connectivity index (χ0v) is 11.6. The van der Waals surface area contributed by atoms with Crippen LogP contribution < -0.4 is 10.1 Å². The van der Waals surface area contributed by atoms with Crippen LogP contribution in [0, 0.1) is 0 Å². The predicted octanol–water partition coefficient (Wildman–Crippen LogP) is 0.549. The summed E-state index contributed by atoms with van der Waals surface area (Å²) in [7, 11) is 0. The molecule has 0 saturated carbocycles. The fourth-order valence-corrected chi connectivity index (χ4v) is 1.79. The van der Waals surface area contributed by atoms with E-state index in [1.807, 2.05) is 6.07 Å². The highest BCUT2D eigenvalue weighted by Gasteiger charge is 2.27. The Labute approximate surface area is 121 Å². The predicted molar refractivity (Wildman–Crippen MR) is 72.6 cm³/mol. The number of ether oxygens (including phenoxy) is 2. The fourth-order valence-electron chi connectivity index (χ4n) is 1.79. The third-order valence-electron chi connectivity index (χ3n) is 2.88. The van der Waals surface area contributed by atoms with E-state index >= 15 is 0 Å². The average Bonchev–Trinajstić information content (AvgIpc) is 2.91. The first-order valence-electron chi connectivity index (χ1n) is 6.54. The van der Waals surface area contributed by atoms with E-state index in [0.717, 1.165) is 4.90 Å². The summed E-state index contributed by atoms with van der Waals surface area (Å²) in [4.78, 5) is 35.7. The van der Waals surface area contributed by atoms with Gasteiger partial charge in [-0.15, -0.1) is 0 Å². The van der Waals surface area contributed by atoms with E-state index in [4.69, 9.17) is 9.47 Å². The first-order valence-corrected chi connectivity index (χ1v) is 6.54. The third-order valence-corrected chi connectivity index (χ3v) is 2.88. The molecule has 1 heterocycles. The fraction of sp³-hybridized carbons (Fsp3) is 0.357. The molecule has 21 heavy (non-hydrogen) atoms. The standard InChI is InChI=1S/C14H16N2O5/c1-10(21-11-5-3-2-4-6-11)13(18)20-9-12(17)16-8-7-15-14(16)19/h2-6,10H,7-9H2,1H3,(H,15,19)/t10-/m0/s1. The zero-order chi connectivity index (χ0) is 15.2. The Hall–Kier alpha value is -2.57. The van der Waals surface area contributed by atoms with E-state index in [1.54, 1.807) is 24.3 Å². The van der Waals surface area contributed by atoms with Crippen molar-refractivity contribution in [1.82, 2.24) is 10.2 Å². The molecule has 1 aromatic rings. The number of nitrogens with one attached hydrogen (secondary N) is 1. The second kappa shape index (κ2) is 6.74. The van der Waals surface area contributed by atoms with E-state index in [0.29, 0.717) is 12.3 Å². The number of hydrogen-bond acceptors (Lipinski definition) is 5. The molecule has 1 fully saturated rings. The van der Waals surface area contributed by atoms with Crippen molar-refractivity contribution in [2.45, 2.75) is 13.0 Å². The lowest BCUT2D eigenvalue weighted by Gasteiger charge is -2.15. The molecule has 0 unspecified atom stereocenters. The molecule has 1 N–H and O–H groups in total. The Kier molecular flexibility index (Phi) is 4.76. The SMILES string of the molecule is C[C@H](Oc1ccccc1)C(=O)OCC(=O)N1CCNC1=O. The van der Waals surface area contributed by atoms with Crippen molar-refractivity contribution in [2.75, 3.05) is 19.7 Å². The number of imide groups is 1. The van der Waals surface area contributed by atoms with Gasteiger partial charge in [-0.3, -0.25) is 9.69 Å². The van der Waals surface area contributed by atoms with Gasteiger partial charge in [0.05, 0.1) is 0 Å². The molecule has 1 saturated heterocycles. The normalized spacial score (nSPS) is 15.3. The lowest BCUT2D eigenvalue weighted by atomic mass is 10.3.